The van der Waals surface area contributed by atoms with Crippen LogP contribution < -0.4 is 4.74 Å². The number of hydrogen-bond donors (Lipinski definition) is 0. The molecule has 2 fully saturated rings. The number of nitrogens with zero attached hydrogens (tertiary/aromatic N) is 2. The average molecular weight is 376 g/mol. The lowest BCUT2D eigenvalue weighted by Gasteiger charge is -2.35. The van der Waals surface area contributed by atoms with Gasteiger partial charge in [0.1, 0.15) is 5.75 Å². The molecule has 27 heavy (non-hydrogen) atoms. The van der Waals surface area contributed by atoms with Crippen molar-refractivity contribution in [2.24, 2.45) is 0 Å². The molecule has 1 heterocycles. The van der Waals surface area contributed by atoms with Crippen LogP contribution in [0.3, 0.4) is 0 Å². The molecule has 0 atom stereocenters. The number of piperidine rings is 1. The highest BCUT2D eigenvalue weighted by atomic mass is 16.6. The van der Waals surface area contributed by atoms with E-state index in [4.69, 9.17) is 9.47 Å². The van der Waals surface area contributed by atoms with Crippen LogP contribution in [0, 0.1) is 10.1 Å². The Balaban J connectivity index is 1.57. The maximum atomic E-state index is 11.1. The van der Waals surface area contributed by atoms with Gasteiger partial charge in [-0.15, -0.1) is 0 Å². The van der Waals surface area contributed by atoms with E-state index in [0.29, 0.717) is 18.8 Å². The molecule has 1 aliphatic carbocycles. The minimum Gasteiger partial charge on any atom is -0.491 e. The number of ether oxygens (including phenoxy) is 2. The largest absolute Gasteiger partial charge is 0.491 e. The van der Waals surface area contributed by atoms with E-state index in [2.05, 4.69) is 4.90 Å². The molecular weight excluding hydrogens is 344 g/mol. The normalized spacial score (nSPS) is 20.1. The third kappa shape index (κ3) is 5.91. The smallest absolute Gasteiger partial charge is 0.270 e. The van der Waals surface area contributed by atoms with Gasteiger partial charge in [-0.3, -0.25) is 15.0 Å². The Kier molecular flexibility index (Phi) is 7.07. The lowest BCUT2D eigenvalue weighted by Crippen LogP contribution is -2.38. The summed E-state index contributed by atoms with van der Waals surface area (Å²) in [5.74, 6) is 0.746. The standard InChI is InChI=1S/C21H32N2O4/c1-16(2)26-21-9-8-18(23(24)25)14-17(21)15-22-12-10-20(11-13-22)27-19-6-4-3-5-7-19/h8-9,14,16,19-20H,3-7,10-13,15H2,1-2H3. The Morgan fingerprint density at radius 3 is 2.41 bits per heavy atom. The second-order valence-electron chi connectivity index (χ2n) is 8.09. The minimum atomic E-state index is -0.340. The first kappa shape index (κ1) is 20.1. The van der Waals surface area contributed by atoms with Crippen molar-refractivity contribution in [3.8, 4) is 5.75 Å². The maximum Gasteiger partial charge on any atom is 0.270 e. The molecule has 3 rings (SSSR count). The predicted molar refractivity (Wildman–Crippen MR) is 105 cm³/mol. The molecule has 1 aromatic rings. The van der Waals surface area contributed by atoms with Gasteiger partial charge < -0.3 is 9.47 Å². The van der Waals surface area contributed by atoms with Gasteiger partial charge in [-0.2, -0.15) is 0 Å². The first-order valence-corrected chi connectivity index (χ1v) is 10.3. The second kappa shape index (κ2) is 9.51. The maximum absolute atomic E-state index is 11.1. The van der Waals surface area contributed by atoms with Crippen molar-refractivity contribution in [2.75, 3.05) is 13.1 Å². The Morgan fingerprint density at radius 1 is 1.11 bits per heavy atom. The van der Waals surface area contributed by atoms with Crippen molar-refractivity contribution in [2.45, 2.75) is 83.6 Å². The molecule has 1 saturated carbocycles. The van der Waals surface area contributed by atoms with Gasteiger partial charge in [0.25, 0.3) is 5.69 Å². The number of likely N-dealkylation sites (tertiary alicyclic amines) is 1. The fourth-order valence-electron chi connectivity index (χ4n) is 4.09. The van der Waals surface area contributed by atoms with Crippen molar-refractivity contribution in [1.29, 1.82) is 0 Å². The van der Waals surface area contributed by atoms with E-state index < -0.39 is 0 Å². The Morgan fingerprint density at radius 2 is 1.78 bits per heavy atom. The van der Waals surface area contributed by atoms with Crippen LogP contribution in [0.15, 0.2) is 18.2 Å². The number of hydrogen-bond acceptors (Lipinski definition) is 5. The Labute approximate surface area is 162 Å². The summed E-state index contributed by atoms with van der Waals surface area (Å²) in [6.07, 6.45) is 9.30. The molecule has 0 aromatic heterocycles. The van der Waals surface area contributed by atoms with E-state index >= 15 is 0 Å². The highest BCUT2D eigenvalue weighted by Gasteiger charge is 2.25. The third-order valence-electron chi connectivity index (χ3n) is 5.48. The van der Waals surface area contributed by atoms with Crippen LogP contribution in [0.1, 0.15) is 64.4 Å². The zero-order chi connectivity index (χ0) is 19.2. The summed E-state index contributed by atoms with van der Waals surface area (Å²) in [6, 6.07) is 4.90. The topological polar surface area (TPSA) is 64.8 Å². The number of rotatable bonds is 7. The number of benzene rings is 1. The van der Waals surface area contributed by atoms with Gasteiger partial charge in [-0.05, 0) is 45.6 Å². The van der Waals surface area contributed by atoms with Gasteiger partial charge in [-0.1, -0.05) is 19.3 Å². The molecule has 150 valence electrons. The average Bonchev–Trinajstić information content (AvgIpc) is 2.65. The van der Waals surface area contributed by atoms with Gasteiger partial charge in [0.15, 0.2) is 0 Å². The van der Waals surface area contributed by atoms with Crippen LogP contribution in [0.4, 0.5) is 5.69 Å². The SMILES string of the molecule is CC(C)Oc1ccc([N+](=O)[O-])cc1CN1CCC(OC2CCCCC2)CC1. The fourth-order valence-corrected chi connectivity index (χ4v) is 4.09. The van der Waals surface area contributed by atoms with Crippen LogP contribution in [0.5, 0.6) is 5.75 Å². The molecule has 0 spiro atoms. The van der Waals surface area contributed by atoms with Crippen molar-refractivity contribution in [3.05, 3.63) is 33.9 Å². The lowest BCUT2D eigenvalue weighted by atomic mass is 9.97. The van der Waals surface area contributed by atoms with Gasteiger partial charge in [-0.25, -0.2) is 0 Å². The van der Waals surface area contributed by atoms with Crippen molar-refractivity contribution in [1.82, 2.24) is 4.90 Å². The van der Waals surface area contributed by atoms with Crippen molar-refractivity contribution in [3.63, 3.8) is 0 Å². The van der Waals surface area contributed by atoms with Crippen LogP contribution in [0.2, 0.25) is 0 Å². The van der Waals surface area contributed by atoms with Crippen molar-refractivity contribution >= 4 is 5.69 Å². The highest BCUT2D eigenvalue weighted by molar-refractivity contribution is 5.44. The van der Waals surface area contributed by atoms with Gasteiger partial charge in [0.2, 0.25) is 0 Å². The van der Waals surface area contributed by atoms with Crippen molar-refractivity contribution < 1.29 is 14.4 Å². The monoisotopic (exact) mass is 376 g/mol. The van der Waals surface area contributed by atoms with E-state index in [9.17, 15) is 10.1 Å². The summed E-state index contributed by atoms with van der Waals surface area (Å²) < 4.78 is 12.2. The van der Waals surface area contributed by atoms with Crippen LogP contribution in [-0.2, 0) is 11.3 Å². The van der Waals surface area contributed by atoms with Gasteiger partial charge >= 0.3 is 0 Å². The summed E-state index contributed by atoms with van der Waals surface area (Å²) in [7, 11) is 0. The van der Waals surface area contributed by atoms with Gasteiger partial charge in [0.05, 0.1) is 23.2 Å². The quantitative estimate of drug-likeness (QED) is 0.510. The first-order chi connectivity index (χ1) is 13.0. The zero-order valence-electron chi connectivity index (χ0n) is 16.6. The molecule has 0 radical (unpaired) electrons. The molecule has 0 N–H and O–H groups in total. The van der Waals surface area contributed by atoms with Crippen LogP contribution in [0.25, 0.3) is 0 Å². The molecular formula is C21H32N2O4. The molecule has 0 unspecified atom stereocenters. The molecule has 1 saturated heterocycles. The fraction of sp³-hybridized carbons (Fsp3) is 0.714. The molecule has 6 heteroatoms. The third-order valence-corrected chi connectivity index (χ3v) is 5.48. The molecule has 0 bridgehead atoms. The summed E-state index contributed by atoms with van der Waals surface area (Å²) in [5, 5.41) is 11.1. The Bertz CT molecular complexity index is 621. The van der Waals surface area contributed by atoms with E-state index in [1.165, 1.54) is 38.2 Å². The van der Waals surface area contributed by atoms with E-state index in [1.54, 1.807) is 12.1 Å². The zero-order valence-corrected chi connectivity index (χ0v) is 16.6. The number of non-ortho nitro benzene ring substituents is 1. The first-order valence-electron chi connectivity index (χ1n) is 10.3. The molecule has 2 aliphatic rings. The number of nitro groups is 1. The van der Waals surface area contributed by atoms with E-state index in [-0.39, 0.29) is 16.7 Å². The Hall–Kier alpha value is -1.66. The van der Waals surface area contributed by atoms with Crippen LogP contribution in [-0.4, -0.2) is 41.2 Å². The second-order valence-corrected chi connectivity index (χ2v) is 8.09. The summed E-state index contributed by atoms with van der Waals surface area (Å²) in [4.78, 5) is 13.2. The minimum absolute atomic E-state index is 0.0415. The van der Waals surface area contributed by atoms with E-state index in [1.807, 2.05) is 13.8 Å². The van der Waals surface area contributed by atoms with E-state index in [0.717, 1.165) is 37.2 Å². The highest BCUT2D eigenvalue weighted by Crippen LogP contribution is 2.29. The summed E-state index contributed by atoms with van der Waals surface area (Å²) >= 11 is 0. The summed E-state index contributed by atoms with van der Waals surface area (Å²) in [5.41, 5.74) is 1.01. The van der Waals surface area contributed by atoms with Gasteiger partial charge in [0, 0.05) is 37.3 Å². The molecule has 0 amide bonds. The molecule has 1 aromatic carbocycles. The molecule has 1 aliphatic heterocycles. The van der Waals surface area contributed by atoms with Crippen LogP contribution >= 0.6 is 0 Å². The lowest BCUT2D eigenvalue weighted by molar-refractivity contribution is -0.385. The predicted octanol–water partition coefficient (Wildman–Crippen LogP) is 4.70. The summed E-state index contributed by atoms with van der Waals surface area (Å²) in [6.45, 7) is 6.54. The number of nitro benzene ring substituents is 1. The molecule has 6 nitrogen and oxygen atoms in total.